The van der Waals surface area contributed by atoms with Crippen molar-refractivity contribution in [2.75, 3.05) is 13.6 Å². The highest BCUT2D eigenvalue weighted by Crippen LogP contribution is 2.22. The Morgan fingerprint density at radius 2 is 2.15 bits per heavy atom. The summed E-state index contributed by atoms with van der Waals surface area (Å²) in [5.41, 5.74) is 1.20. The van der Waals surface area contributed by atoms with Crippen LogP contribution in [0.3, 0.4) is 0 Å². The van der Waals surface area contributed by atoms with Gasteiger partial charge in [0, 0.05) is 13.6 Å². The number of benzene rings is 1. The van der Waals surface area contributed by atoms with Gasteiger partial charge in [0.1, 0.15) is 6.04 Å². The first-order chi connectivity index (χ1) is 9.47. The second kappa shape index (κ2) is 5.32. The van der Waals surface area contributed by atoms with E-state index in [2.05, 4.69) is 4.98 Å². The lowest BCUT2D eigenvalue weighted by Crippen LogP contribution is -2.32. The number of carboxylic acid groups (broad SMARTS) is 1. The Kier molecular flexibility index (Phi) is 3.74. The van der Waals surface area contributed by atoms with E-state index < -0.39 is 12.0 Å². The fourth-order valence-corrected chi connectivity index (χ4v) is 2.15. The van der Waals surface area contributed by atoms with Gasteiger partial charge in [-0.2, -0.15) is 0 Å². The van der Waals surface area contributed by atoms with Gasteiger partial charge in [-0.05, 0) is 26.0 Å². The van der Waals surface area contributed by atoms with Gasteiger partial charge in [-0.25, -0.2) is 9.78 Å². The number of hydrogen-bond donors (Lipinski definition) is 1. The summed E-state index contributed by atoms with van der Waals surface area (Å²) in [6, 6.07) is 4.40. The second-order valence-corrected chi connectivity index (χ2v) is 4.66. The van der Waals surface area contributed by atoms with E-state index in [-0.39, 0.29) is 11.5 Å². The molecule has 1 N–H and O–H groups in total. The molecule has 0 spiro atoms. The molecule has 0 aliphatic heterocycles. The van der Waals surface area contributed by atoms with Crippen molar-refractivity contribution >= 4 is 22.9 Å². The minimum absolute atomic E-state index is 0.0769. The molecule has 2 rings (SSSR count). The fourth-order valence-electron chi connectivity index (χ4n) is 2.15. The maximum Gasteiger partial charge on any atom is 0.337 e. The Bertz CT molecular complexity index is 663. The van der Waals surface area contributed by atoms with E-state index in [0.29, 0.717) is 17.6 Å². The van der Waals surface area contributed by atoms with Crippen LogP contribution in [-0.2, 0) is 4.79 Å². The molecule has 2 aromatic rings. The van der Waals surface area contributed by atoms with E-state index in [0.717, 1.165) is 0 Å². The quantitative estimate of drug-likeness (QED) is 0.922. The Balaban J connectivity index is 2.55. The molecule has 1 atom stereocenters. The number of carbonyl (C=O) groups excluding carboxylic acids is 1. The van der Waals surface area contributed by atoms with Crippen molar-refractivity contribution in [2.24, 2.45) is 0 Å². The Morgan fingerprint density at radius 1 is 1.45 bits per heavy atom. The summed E-state index contributed by atoms with van der Waals surface area (Å²) in [5, 5.41) is 9.26. The zero-order chi connectivity index (χ0) is 14.9. The van der Waals surface area contributed by atoms with Crippen molar-refractivity contribution in [3.8, 4) is 0 Å². The summed E-state index contributed by atoms with van der Waals surface area (Å²) in [6.07, 6.45) is 1.52. The molecular formula is C14H17N3O3. The second-order valence-electron chi connectivity index (χ2n) is 4.66. The zero-order valence-electron chi connectivity index (χ0n) is 11.7. The van der Waals surface area contributed by atoms with Crippen LogP contribution in [0.4, 0.5) is 0 Å². The van der Waals surface area contributed by atoms with Crippen LogP contribution in [0.1, 0.15) is 30.2 Å². The van der Waals surface area contributed by atoms with Crippen LogP contribution >= 0.6 is 0 Å². The third-order valence-corrected chi connectivity index (χ3v) is 3.45. The van der Waals surface area contributed by atoms with Gasteiger partial charge in [-0.15, -0.1) is 0 Å². The van der Waals surface area contributed by atoms with E-state index >= 15 is 0 Å². The summed E-state index contributed by atoms with van der Waals surface area (Å²) in [7, 11) is 1.72. The summed E-state index contributed by atoms with van der Waals surface area (Å²) < 4.78 is 1.62. The Hall–Kier alpha value is -2.37. The Labute approximate surface area is 116 Å². The maximum atomic E-state index is 12.2. The molecule has 0 aliphatic rings. The molecule has 1 heterocycles. The van der Waals surface area contributed by atoms with Gasteiger partial charge in [-0.3, -0.25) is 4.79 Å². The predicted octanol–water partition coefficient (Wildman–Crippen LogP) is 1.77. The number of aromatic carboxylic acids is 1. The van der Waals surface area contributed by atoms with E-state index in [9.17, 15) is 14.7 Å². The van der Waals surface area contributed by atoms with Crippen molar-refractivity contribution in [1.29, 1.82) is 0 Å². The lowest BCUT2D eigenvalue weighted by atomic mass is 10.1. The molecule has 106 valence electrons. The number of imidazole rings is 1. The average Bonchev–Trinajstić information content (AvgIpc) is 2.88. The molecule has 20 heavy (non-hydrogen) atoms. The van der Waals surface area contributed by atoms with Crippen LogP contribution in [0.5, 0.6) is 0 Å². The predicted molar refractivity (Wildman–Crippen MR) is 74.7 cm³/mol. The summed E-state index contributed by atoms with van der Waals surface area (Å²) in [4.78, 5) is 29.3. The van der Waals surface area contributed by atoms with Crippen molar-refractivity contribution in [2.45, 2.75) is 19.9 Å². The van der Waals surface area contributed by atoms with E-state index in [1.165, 1.54) is 12.4 Å². The smallest absolute Gasteiger partial charge is 0.337 e. The standard InChI is InChI=1S/C14H17N3O3/c1-4-16(3)13(18)9(2)17-8-15-11-7-5-6-10(12(11)17)14(19)20/h5-9H,4H2,1-3H3,(H,19,20). The first-order valence-corrected chi connectivity index (χ1v) is 6.41. The minimum atomic E-state index is -1.03. The lowest BCUT2D eigenvalue weighted by Gasteiger charge is -2.21. The van der Waals surface area contributed by atoms with Gasteiger partial charge in [-0.1, -0.05) is 6.07 Å². The number of para-hydroxylation sites is 1. The maximum absolute atomic E-state index is 12.2. The molecule has 0 saturated carbocycles. The number of hydrogen-bond acceptors (Lipinski definition) is 3. The molecule has 6 nitrogen and oxygen atoms in total. The number of nitrogens with zero attached hydrogens (tertiary/aromatic N) is 3. The molecule has 1 amide bonds. The molecule has 1 aromatic carbocycles. The number of carboxylic acids is 1. The topological polar surface area (TPSA) is 75.4 Å². The highest BCUT2D eigenvalue weighted by molar-refractivity contribution is 6.01. The van der Waals surface area contributed by atoms with Crippen LogP contribution in [0.15, 0.2) is 24.5 Å². The monoisotopic (exact) mass is 275 g/mol. The van der Waals surface area contributed by atoms with Crippen LogP contribution in [0.2, 0.25) is 0 Å². The molecular weight excluding hydrogens is 258 g/mol. The van der Waals surface area contributed by atoms with Gasteiger partial charge in [0.05, 0.1) is 22.9 Å². The van der Waals surface area contributed by atoms with Gasteiger partial charge in [0.2, 0.25) is 5.91 Å². The number of rotatable bonds is 4. The molecule has 0 bridgehead atoms. The number of amides is 1. The number of fused-ring (bicyclic) bond motifs is 1. The van der Waals surface area contributed by atoms with Crippen molar-refractivity contribution in [3.63, 3.8) is 0 Å². The van der Waals surface area contributed by atoms with Crippen molar-refractivity contribution in [1.82, 2.24) is 14.5 Å². The third-order valence-electron chi connectivity index (χ3n) is 3.45. The fraction of sp³-hybridized carbons (Fsp3) is 0.357. The molecule has 1 unspecified atom stereocenters. The molecule has 0 fully saturated rings. The summed E-state index contributed by atoms with van der Waals surface area (Å²) in [6.45, 7) is 4.23. The first kappa shape index (κ1) is 14.0. The number of carbonyl (C=O) groups is 2. The largest absolute Gasteiger partial charge is 0.478 e. The van der Waals surface area contributed by atoms with Gasteiger partial charge >= 0.3 is 5.97 Å². The Morgan fingerprint density at radius 3 is 2.75 bits per heavy atom. The lowest BCUT2D eigenvalue weighted by molar-refractivity contribution is -0.132. The normalized spacial score (nSPS) is 12.3. The molecule has 1 aromatic heterocycles. The molecule has 0 aliphatic carbocycles. The van der Waals surface area contributed by atoms with Crippen LogP contribution in [0.25, 0.3) is 11.0 Å². The minimum Gasteiger partial charge on any atom is -0.478 e. The van der Waals surface area contributed by atoms with Crippen molar-refractivity contribution < 1.29 is 14.7 Å². The molecule has 0 radical (unpaired) electrons. The summed E-state index contributed by atoms with van der Waals surface area (Å²) >= 11 is 0. The van der Waals surface area contributed by atoms with Crippen LogP contribution in [0, 0.1) is 0 Å². The zero-order valence-corrected chi connectivity index (χ0v) is 11.7. The highest BCUT2D eigenvalue weighted by atomic mass is 16.4. The molecule has 0 saturated heterocycles. The van der Waals surface area contributed by atoms with Crippen LogP contribution in [-0.4, -0.2) is 45.0 Å². The van der Waals surface area contributed by atoms with Crippen molar-refractivity contribution in [3.05, 3.63) is 30.1 Å². The van der Waals surface area contributed by atoms with Crippen LogP contribution < -0.4 is 0 Å². The van der Waals surface area contributed by atoms with E-state index in [1.807, 2.05) is 6.92 Å². The summed E-state index contributed by atoms with van der Waals surface area (Å²) in [5.74, 6) is -1.10. The number of aromatic nitrogens is 2. The van der Waals surface area contributed by atoms with E-state index in [4.69, 9.17) is 0 Å². The van der Waals surface area contributed by atoms with E-state index in [1.54, 1.807) is 35.6 Å². The van der Waals surface area contributed by atoms with Gasteiger partial charge < -0.3 is 14.6 Å². The SMILES string of the molecule is CCN(C)C(=O)C(C)n1cnc2cccc(C(=O)O)c21. The van der Waals surface area contributed by atoms with Gasteiger partial charge in [0.15, 0.2) is 0 Å². The third kappa shape index (κ3) is 2.24. The molecule has 6 heteroatoms. The first-order valence-electron chi connectivity index (χ1n) is 6.41. The highest BCUT2D eigenvalue weighted by Gasteiger charge is 2.22. The van der Waals surface area contributed by atoms with Gasteiger partial charge in [0.25, 0.3) is 0 Å². The average molecular weight is 275 g/mol. The number of likely N-dealkylation sites (N-methyl/N-ethyl adjacent to an activating group) is 1.